The number of benzene rings is 1. The van der Waals surface area contributed by atoms with Crippen LogP contribution >= 0.6 is 23.2 Å². The molecule has 0 aliphatic rings. The van der Waals surface area contributed by atoms with Crippen molar-refractivity contribution in [3.05, 3.63) is 28.2 Å². The molecule has 0 aliphatic carbocycles. The van der Waals surface area contributed by atoms with E-state index in [2.05, 4.69) is 0 Å². The van der Waals surface area contributed by atoms with Gasteiger partial charge in [-0.1, -0.05) is 23.2 Å². The molecule has 3 N–H and O–H groups in total. The zero-order chi connectivity index (χ0) is 9.35. The molecule has 1 aromatic rings. The minimum absolute atomic E-state index is 0. The van der Waals surface area contributed by atoms with E-state index in [4.69, 9.17) is 27.8 Å². The molecule has 0 fully saturated rings. The highest BCUT2D eigenvalue weighted by molar-refractivity contribution is 7.86. The summed E-state index contributed by atoms with van der Waals surface area (Å²) in [7, 11) is -4.27. The highest BCUT2D eigenvalue weighted by Crippen LogP contribution is 2.24. The van der Waals surface area contributed by atoms with Crippen LogP contribution in [0, 0.1) is 0 Å². The van der Waals surface area contributed by atoms with Gasteiger partial charge < -0.3 is 5.48 Å². The Kier molecular flexibility index (Phi) is 4.15. The molecule has 0 aliphatic heterocycles. The van der Waals surface area contributed by atoms with Crippen LogP contribution in [-0.2, 0) is 10.1 Å². The van der Waals surface area contributed by atoms with Crippen molar-refractivity contribution in [2.45, 2.75) is 4.90 Å². The van der Waals surface area contributed by atoms with Gasteiger partial charge in [-0.25, -0.2) is 0 Å². The Balaban J connectivity index is 0.00000144. The van der Waals surface area contributed by atoms with Crippen molar-refractivity contribution >= 4 is 33.3 Å². The van der Waals surface area contributed by atoms with Crippen molar-refractivity contribution < 1.29 is 18.4 Å². The second kappa shape index (κ2) is 4.26. The third-order valence-electron chi connectivity index (χ3n) is 1.17. The lowest BCUT2D eigenvalue weighted by Gasteiger charge is -1.99. The molecular formula is C6H6Cl2O4S. The Labute approximate surface area is 85.1 Å². The second-order valence-corrected chi connectivity index (χ2v) is 4.28. The van der Waals surface area contributed by atoms with E-state index in [1.54, 1.807) is 0 Å². The average molecular weight is 245 g/mol. The summed E-state index contributed by atoms with van der Waals surface area (Å²) >= 11 is 11.0. The number of hydrogen-bond donors (Lipinski definition) is 1. The second-order valence-electron chi connectivity index (χ2n) is 2.05. The number of hydrogen-bond acceptors (Lipinski definition) is 2. The molecular weight excluding hydrogens is 239 g/mol. The van der Waals surface area contributed by atoms with Gasteiger partial charge in [0.05, 0.1) is 5.02 Å². The van der Waals surface area contributed by atoms with Gasteiger partial charge in [-0.3, -0.25) is 4.55 Å². The third-order valence-corrected chi connectivity index (χ3v) is 2.74. The van der Waals surface area contributed by atoms with Crippen molar-refractivity contribution in [2.75, 3.05) is 0 Å². The number of halogens is 2. The Hall–Kier alpha value is -0.330. The van der Waals surface area contributed by atoms with Crippen LogP contribution in [0.4, 0.5) is 0 Å². The van der Waals surface area contributed by atoms with Crippen molar-refractivity contribution in [2.24, 2.45) is 0 Å². The first-order valence-electron chi connectivity index (χ1n) is 2.84. The maximum Gasteiger partial charge on any atom is 0.296 e. The topological polar surface area (TPSA) is 85.9 Å². The first-order chi connectivity index (χ1) is 5.41. The third kappa shape index (κ3) is 3.13. The van der Waals surface area contributed by atoms with E-state index in [0.717, 1.165) is 6.07 Å². The zero-order valence-corrected chi connectivity index (χ0v) is 8.49. The van der Waals surface area contributed by atoms with Crippen molar-refractivity contribution in [3.8, 4) is 0 Å². The van der Waals surface area contributed by atoms with E-state index in [1.165, 1.54) is 12.1 Å². The van der Waals surface area contributed by atoms with Gasteiger partial charge in [0.2, 0.25) is 0 Å². The predicted octanol–water partition coefficient (Wildman–Crippen LogP) is 1.42. The maximum atomic E-state index is 10.6. The van der Waals surface area contributed by atoms with Gasteiger partial charge in [0, 0.05) is 5.02 Å². The fourth-order valence-electron chi connectivity index (χ4n) is 0.675. The first-order valence-corrected chi connectivity index (χ1v) is 5.03. The summed E-state index contributed by atoms with van der Waals surface area (Å²) in [5.74, 6) is 0. The molecule has 13 heavy (non-hydrogen) atoms. The monoisotopic (exact) mass is 244 g/mol. The van der Waals surface area contributed by atoms with Gasteiger partial charge in [0.1, 0.15) is 4.90 Å². The highest BCUT2D eigenvalue weighted by Gasteiger charge is 2.14. The minimum Gasteiger partial charge on any atom is -0.412 e. The van der Waals surface area contributed by atoms with Crippen LogP contribution in [0.5, 0.6) is 0 Å². The standard InChI is InChI=1S/C6H4Cl2O3S.H2O/c7-4-1-2-5(8)6(3-4)12(9,10)11;/h1-3H,(H,9,10,11);1H2. The first kappa shape index (κ1) is 12.7. The minimum atomic E-state index is -4.27. The average Bonchev–Trinajstić information content (AvgIpc) is 1.92. The molecule has 74 valence electrons. The predicted molar refractivity (Wildman–Crippen MR) is 49.9 cm³/mol. The molecule has 0 amide bonds. The van der Waals surface area contributed by atoms with Crippen LogP contribution in [0.2, 0.25) is 10.0 Å². The van der Waals surface area contributed by atoms with Crippen LogP contribution < -0.4 is 0 Å². The fraction of sp³-hybridized carbons (Fsp3) is 0. The summed E-state index contributed by atoms with van der Waals surface area (Å²) in [4.78, 5) is -0.378. The van der Waals surface area contributed by atoms with Gasteiger partial charge in [-0.05, 0) is 18.2 Å². The molecule has 0 spiro atoms. The molecule has 0 heterocycles. The highest BCUT2D eigenvalue weighted by atomic mass is 35.5. The van der Waals surface area contributed by atoms with E-state index in [-0.39, 0.29) is 20.4 Å². The summed E-state index contributed by atoms with van der Waals surface area (Å²) in [5, 5.41) is 0.147. The van der Waals surface area contributed by atoms with Crippen LogP contribution in [0.3, 0.4) is 0 Å². The SMILES string of the molecule is O.O=S(=O)(O)c1cc(Cl)ccc1Cl. The molecule has 0 atom stereocenters. The molecule has 0 saturated carbocycles. The Morgan fingerprint density at radius 3 is 2.15 bits per heavy atom. The quantitative estimate of drug-likeness (QED) is 0.759. The van der Waals surface area contributed by atoms with Gasteiger partial charge >= 0.3 is 0 Å². The lowest BCUT2D eigenvalue weighted by atomic mass is 10.4. The van der Waals surface area contributed by atoms with Crippen molar-refractivity contribution in [3.63, 3.8) is 0 Å². The van der Waals surface area contributed by atoms with Crippen LogP contribution in [0.25, 0.3) is 0 Å². The molecule has 1 aromatic carbocycles. The maximum absolute atomic E-state index is 10.6. The van der Waals surface area contributed by atoms with E-state index >= 15 is 0 Å². The Morgan fingerprint density at radius 1 is 1.23 bits per heavy atom. The van der Waals surface area contributed by atoms with Crippen LogP contribution in [0.15, 0.2) is 23.1 Å². The lowest BCUT2D eigenvalue weighted by molar-refractivity contribution is 0.483. The van der Waals surface area contributed by atoms with Crippen LogP contribution in [-0.4, -0.2) is 18.4 Å². The van der Waals surface area contributed by atoms with Crippen LogP contribution in [0.1, 0.15) is 0 Å². The summed E-state index contributed by atoms with van der Waals surface area (Å²) < 4.78 is 29.9. The molecule has 0 radical (unpaired) electrons. The molecule has 0 saturated heterocycles. The van der Waals surface area contributed by atoms with E-state index in [9.17, 15) is 8.42 Å². The summed E-state index contributed by atoms with van der Waals surface area (Å²) in [6.07, 6.45) is 0. The van der Waals surface area contributed by atoms with Crippen molar-refractivity contribution in [1.29, 1.82) is 0 Å². The zero-order valence-electron chi connectivity index (χ0n) is 6.16. The molecule has 0 unspecified atom stereocenters. The van der Waals surface area contributed by atoms with Gasteiger partial charge in [-0.15, -0.1) is 0 Å². The van der Waals surface area contributed by atoms with E-state index in [1.807, 2.05) is 0 Å². The molecule has 0 bridgehead atoms. The molecule has 1 rings (SSSR count). The Morgan fingerprint density at radius 2 is 1.77 bits per heavy atom. The van der Waals surface area contributed by atoms with Gasteiger partial charge in [0.25, 0.3) is 10.1 Å². The van der Waals surface area contributed by atoms with Gasteiger partial charge in [0.15, 0.2) is 0 Å². The molecule has 7 heteroatoms. The summed E-state index contributed by atoms with van der Waals surface area (Å²) in [6, 6.07) is 3.81. The molecule has 4 nitrogen and oxygen atoms in total. The van der Waals surface area contributed by atoms with Crippen molar-refractivity contribution in [1.82, 2.24) is 0 Å². The fourth-order valence-corrected chi connectivity index (χ4v) is 1.91. The molecule has 0 aromatic heterocycles. The number of rotatable bonds is 1. The smallest absolute Gasteiger partial charge is 0.296 e. The van der Waals surface area contributed by atoms with E-state index in [0.29, 0.717) is 0 Å². The Bertz CT molecular complexity index is 401. The normalized spacial score (nSPS) is 10.7. The summed E-state index contributed by atoms with van der Waals surface area (Å²) in [5.41, 5.74) is 0. The lowest BCUT2D eigenvalue weighted by Crippen LogP contribution is -1.98. The van der Waals surface area contributed by atoms with Gasteiger partial charge in [-0.2, -0.15) is 8.42 Å². The van der Waals surface area contributed by atoms with E-state index < -0.39 is 10.1 Å². The largest absolute Gasteiger partial charge is 0.412 e. The summed E-state index contributed by atoms with van der Waals surface area (Å²) in [6.45, 7) is 0.